The monoisotopic (exact) mass is 436 g/mol. The molecule has 0 bridgehead atoms. The highest BCUT2D eigenvalue weighted by atomic mass is 32.1. The molecule has 160 valence electrons. The molecule has 0 nitrogen and oxygen atoms in total. The first-order chi connectivity index (χ1) is 13.7. The lowest BCUT2D eigenvalue weighted by Crippen LogP contribution is -2.09. The van der Waals surface area contributed by atoms with Crippen molar-refractivity contribution in [2.75, 3.05) is 0 Å². The standard InChI is InChI=1S/C28H36S2/c1-13-15(3)21-22(23-19(13)17(5)25(29-23)27(7,8)9)16(4)14(2)20-18(6)26(28(10,11)12)30-24(20)21/h1-12H3. The van der Waals surface area contributed by atoms with E-state index in [1.807, 2.05) is 22.7 Å². The van der Waals surface area contributed by atoms with Crippen molar-refractivity contribution in [2.45, 2.75) is 93.9 Å². The number of aryl methyl sites for hydroxylation is 6. The summed E-state index contributed by atoms with van der Waals surface area (Å²) in [6.45, 7) is 28.2. The number of benzene rings is 2. The molecule has 0 spiro atoms. The Kier molecular flexibility index (Phi) is 4.78. The summed E-state index contributed by atoms with van der Waals surface area (Å²) in [6.07, 6.45) is 0. The first kappa shape index (κ1) is 21.8. The molecule has 4 rings (SSSR count). The molecule has 0 atom stereocenters. The van der Waals surface area contributed by atoms with Gasteiger partial charge in [0.05, 0.1) is 0 Å². The Labute approximate surface area is 190 Å². The van der Waals surface area contributed by atoms with Crippen LogP contribution in [0.15, 0.2) is 0 Å². The van der Waals surface area contributed by atoms with Crippen LogP contribution >= 0.6 is 22.7 Å². The second-order valence-corrected chi connectivity index (χ2v) is 13.3. The van der Waals surface area contributed by atoms with Crippen LogP contribution in [-0.2, 0) is 10.8 Å². The molecule has 0 saturated carbocycles. The van der Waals surface area contributed by atoms with Crippen LogP contribution in [0.3, 0.4) is 0 Å². The lowest BCUT2D eigenvalue weighted by molar-refractivity contribution is 0.600. The van der Waals surface area contributed by atoms with E-state index in [-0.39, 0.29) is 10.8 Å². The summed E-state index contributed by atoms with van der Waals surface area (Å²) in [5.41, 5.74) is 9.19. The quantitative estimate of drug-likeness (QED) is 0.257. The van der Waals surface area contributed by atoms with Crippen molar-refractivity contribution < 1.29 is 0 Å². The molecule has 2 aromatic carbocycles. The lowest BCUT2D eigenvalue weighted by Gasteiger charge is -2.17. The van der Waals surface area contributed by atoms with Gasteiger partial charge in [-0.2, -0.15) is 0 Å². The molecule has 0 aliphatic carbocycles. The van der Waals surface area contributed by atoms with E-state index in [1.54, 1.807) is 0 Å². The van der Waals surface area contributed by atoms with E-state index >= 15 is 0 Å². The molecule has 0 N–H and O–H groups in total. The molecular formula is C28H36S2. The largest absolute Gasteiger partial charge is 0.139 e. The first-order valence-corrected chi connectivity index (χ1v) is 12.7. The highest BCUT2D eigenvalue weighted by Gasteiger charge is 2.28. The third-order valence-electron chi connectivity index (χ3n) is 6.99. The van der Waals surface area contributed by atoms with Gasteiger partial charge in [-0.05, 0) is 96.5 Å². The molecule has 0 aliphatic heterocycles. The predicted octanol–water partition coefficient (Wildman–Crippen LogP) is 9.71. The van der Waals surface area contributed by atoms with Crippen LogP contribution < -0.4 is 0 Å². The summed E-state index contributed by atoms with van der Waals surface area (Å²) >= 11 is 4.07. The Balaban J connectivity index is 2.35. The van der Waals surface area contributed by atoms with Gasteiger partial charge in [0.25, 0.3) is 0 Å². The fraction of sp³-hybridized carbons (Fsp3) is 0.500. The molecule has 4 aromatic rings. The van der Waals surface area contributed by atoms with Gasteiger partial charge in [-0.25, -0.2) is 0 Å². The summed E-state index contributed by atoms with van der Waals surface area (Å²) < 4.78 is 3.00. The Hall–Kier alpha value is -1.38. The van der Waals surface area contributed by atoms with Crippen molar-refractivity contribution in [3.05, 3.63) is 43.1 Å². The number of thiophene rings is 2. The average Bonchev–Trinajstić information content (AvgIpc) is 3.13. The molecule has 0 aliphatic rings. The van der Waals surface area contributed by atoms with E-state index in [4.69, 9.17) is 0 Å². The van der Waals surface area contributed by atoms with Crippen molar-refractivity contribution in [1.82, 2.24) is 0 Å². The Bertz CT molecular complexity index is 1240. The minimum atomic E-state index is 0.173. The van der Waals surface area contributed by atoms with Gasteiger partial charge >= 0.3 is 0 Å². The van der Waals surface area contributed by atoms with Crippen molar-refractivity contribution in [3.63, 3.8) is 0 Å². The summed E-state index contributed by atoms with van der Waals surface area (Å²) in [7, 11) is 0. The maximum absolute atomic E-state index is 2.35. The lowest BCUT2D eigenvalue weighted by atomic mass is 9.86. The molecule has 0 fully saturated rings. The van der Waals surface area contributed by atoms with Crippen LogP contribution in [-0.4, -0.2) is 0 Å². The van der Waals surface area contributed by atoms with Crippen LogP contribution in [0.4, 0.5) is 0 Å². The molecule has 30 heavy (non-hydrogen) atoms. The Morgan fingerprint density at radius 1 is 0.400 bits per heavy atom. The Morgan fingerprint density at radius 2 is 0.667 bits per heavy atom. The molecular weight excluding hydrogens is 400 g/mol. The second kappa shape index (κ2) is 6.56. The molecule has 0 radical (unpaired) electrons. The van der Waals surface area contributed by atoms with Gasteiger partial charge in [-0.15, -0.1) is 22.7 Å². The van der Waals surface area contributed by atoms with Crippen LogP contribution in [0.25, 0.3) is 30.9 Å². The Morgan fingerprint density at radius 3 is 0.933 bits per heavy atom. The van der Waals surface area contributed by atoms with Gasteiger partial charge in [-0.1, -0.05) is 41.5 Å². The SMILES string of the molecule is Cc1c(C(C)(C)C)sc2c1c(C)c(C)c1c3sc(C(C)(C)C)c(C)c3c(C)c(C)c21. The number of hydrogen-bond acceptors (Lipinski definition) is 2. The highest BCUT2D eigenvalue weighted by molar-refractivity contribution is 7.22. The van der Waals surface area contributed by atoms with Crippen LogP contribution in [0.5, 0.6) is 0 Å². The third kappa shape index (κ3) is 2.83. The highest BCUT2D eigenvalue weighted by Crippen LogP contribution is 2.51. The number of hydrogen-bond donors (Lipinski definition) is 0. The number of rotatable bonds is 0. The van der Waals surface area contributed by atoms with Crippen LogP contribution in [0.2, 0.25) is 0 Å². The zero-order valence-corrected chi connectivity index (χ0v) is 22.4. The van der Waals surface area contributed by atoms with Gasteiger partial charge in [0, 0.05) is 29.9 Å². The van der Waals surface area contributed by atoms with Crippen molar-refractivity contribution in [1.29, 1.82) is 0 Å². The van der Waals surface area contributed by atoms with Crippen molar-refractivity contribution in [2.24, 2.45) is 0 Å². The summed E-state index contributed by atoms with van der Waals surface area (Å²) in [6, 6.07) is 0. The summed E-state index contributed by atoms with van der Waals surface area (Å²) in [4.78, 5) is 3.06. The normalized spacial score (nSPS) is 13.3. The predicted molar refractivity (Wildman–Crippen MR) is 141 cm³/mol. The topological polar surface area (TPSA) is 0 Å². The number of fused-ring (bicyclic) bond motifs is 5. The maximum Gasteiger partial charge on any atom is 0.0433 e. The summed E-state index contributed by atoms with van der Waals surface area (Å²) in [5, 5.41) is 6.01. The molecule has 2 heterocycles. The average molecular weight is 437 g/mol. The van der Waals surface area contributed by atoms with Gasteiger partial charge in [0.2, 0.25) is 0 Å². The van der Waals surface area contributed by atoms with Crippen molar-refractivity contribution in [3.8, 4) is 0 Å². The zero-order valence-electron chi connectivity index (χ0n) is 20.8. The van der Waals surface area contributed by atoms with E-state index in [0.717, 1.165) is 0 Å². The maximum atomic E-state index is 2.35. The molecule has 0 unspecified atom stereocenters. The first-order valence-electron chi connectivity index (χ1n) is 11.1. The van der Waals surface area contributed by atoms with E-state index in [2.05, 4.69) is 83.1 Å². The minimum Gasteiger partial charge on any atom is -0.139 e. The molecule has 0 saturated heterocycles. The van der Waals surface area contributed by atoms with Gasteiger partial charge in [0.1, 0.15) is 0 Å². The smallest absolute Gasteiger partial charge is 0.0433 e. The van der Waals surface area contributed by atoms with E-state index in [1.165, 1.54) is 74.1 Å². The fourth-order valence-electron chi connectivity index (χ4n) is 5.41. The molecule has 2 aromatic heterocycles. The van der Waals surface area contributed by atoms with Gasteiger partial charge < -0.3 is 0 Å². The van der Waals surface area contributed by atoms with E-state index in [9.17, 15) is 0 Å². The molecule has 0 amide bonds. The van der Waals surface area contributed by atoms with Gasteiger partial charge in [-0.3, -0.25) is 0 Å². The minimum absolute atomic E-state index is 0.173. The van der Waals surface area contributed by atoms with E-state index < -0.39 is 0 Å². The second-order valence-electron chi connectivity index (χ2n) is 11.3. The molecule has 2 heteroatoms. The van der Waals surface area contributed by atoms with Gasteiger partial charge in [0.15, 0.2) is 0 Å². The van der Waals surface area contributed by atoms with Crippen LogP contribution in [0.1, 0.15) is 84.7 Å². The third-order valence-corrected chi connectivity index (χ3v) is 10.5. The zero-order chi connectivity index (χ0) is 22.5. The van der Waals surface area contributed by atoms with Crippen LogP contribution in [0, 0.1) is 41.5 Å². The van der Waals surface area contributed by atoms with Crippen molar-refractivity contribution >= 4 is 53.6 Å². The fourth-order valence-corrected chi connectivity index (χ4v) is 8.47. The summed E-state index contributed by atoms with van der Waals surface area (Å²) in [5.74, 6) is 0. The van der Waals surface area contributed by atoms with E-state index in [0.29, 0.717) is 0 Å².